The monoisotopic (exact) mass is 444 g/mol. The van der Waals surface area contributed by atoms with Crippen LogP contribution in [0.3, 0.4) is 0 Å². The zero-order chi connectivity index (χ0) is 22.4. The van der Waals surface area contributed by atoms with E-state index in [0.29, 0.717) is 46.6 Å². The molecular weight excluding hydrogens is 420 g/mol. The third-order valence-electron chi connectivity index (χ3n) is 4.67. The van der Waals surface area contributed by atoms with E-state index < -0.39 is 18.0 Å². The van der Waals surface area contributed by atoms with E-state index in [1.54, 1.807) is 44.2 Å². The van der Waals surface area contributed by atoms with E-state index in [-0.39, 0.29) is 6.61 Å². The Morgan fingerprint density at radius 1 is 1.03 bits per heavy atom. The van der Waals surface area contributed by atoms with E-state index in [9.17, 15) is 9.59 Å². The van der Waals surface area contributed by atoms with Gasteiger partial charge in [-0.1, -0.05) is 29.8 Å². The summed E-state index contributed by atoms with van der Waals surface area (Å²) in [6, 6.07) is 11.7. The number of rotatable bonds is 8. The number of amides is 2. The zero-order valence-corrected chi connectivity index (χ0v) is 18.4. The molecule has 7 nitrogen and oxygen atoms in total. The lowest BCUT2D eigenvalue weighted by Gasteiger charge is -2.28. The quantitative estimate of drug-likeness (QED) is 0.585. The van der Waals surface area contributed by atoms with Crippen LogP contribution in [-0.2, 0) is 16.1 Å². The van der Waals surface area contributed by atoms with Crippen LogP contribution in [0.5, 0.6) is 11.5 Å². The maximum Gasteiger partial charge on any atom is 0.338 e. The number of esters is 1. The van der Waals surface area contributed by atoms with Crippen molar-refractivity contribution < 1.29 is 23.8 Å². The molecule has 0 aliphatic carbocycles. The first-order valence-electron chi connectivity index (χ1n) is 10.0. The van der Waals surface area contributed by atoms with Gasteiger partial charge in [0.1, 0.15) is 6.61 Å². The average molecular weight is 445 g/mol. The number of nitrogens with one attached hydrogen (secondary N) is 2. The van der Waals surface area contributed by atoms with Gasteiger partial charge in [0.15, 0.2) is 11.5 Å². The molecule has 1 atom stereocenters. The summed E-state index contributed by atoms with van der Waals surface area (Å²) in [6.45, 7) is 6.28. The van der Waals surface area contributed by atoms with Gasteiger partial charge < -0.3 is 24.8 Å². The highest BCUT2D eigenvalue weighted by atomic mass is 35.5. The standard InChI is InChI=1S/C23H25ClN2O5/c1-4-29-19-12-16(8-11-18(19)31-13-15-6-9-17(24)10-7-15)21-20(22(27)30-5-2)14(3)25-23(28)26-21/h6-12,21H,4-5,13H2,1-3H3,(H2,25,26,28). The normalized spacial score (nSPS) is 15.7. The second kappa shape index (κ2) is 10.2. The van der Waals surface area contributed by atoms with Gasteiger partial charge in [0.25, 0.3) is 0 Å². The summed E-state index contributed by atoms with van der Waals surface area (Å²) in [6.07, 6.45) is 0. The summed E-state index contributed by atoms with van der Waals surface area (Å²) in [5, 5.41) is 6.07. The molecule has 2 N–H and O–H groups in total. The Labute approximate surface area is 186 Å². The molecule has 0 bridgehead atoms. The molecule has 0 aromatic heterocycles. The van der Waals surface area contributed by atoms with E-state index in [2.05, 4.69) is 10.6 Å². The minimum atomic E-state index is -0.669. The predicted molar refractivity (Wildman–Crippen MR) is 117 cm³/mol. The van der Waals surface area contributed by atoms with Gasteiger partial charge in [-0.25, -0.2) is 9.59 Å². The van der Waals surface area contributed by atoms with Crippen LogP contribution in [0.25, 0.3) is 0 Å². The third-order valence-corrected chi connectivity index (χ3v) is 4.93. The van der Waals surface area contributed by atoms with Crippen molar-refractivity contribution in [1.29, 1.82) is 0 Å². The fraction of sp³-hybridized carbons (Fsp3) is 0.304. The number of allylic oxidation sites excluding steroid dienone is 1. The summed E-state index contributed by atoms with van der Waals surface area (Å²) in [5.74, 6) is 0.584. The highest BCUT2D eigenvalue weighted by Crippen LogP contribution is 2.35. The molecule has 3 rings (SSSR count). The number of benzene rings is 2. The highest BCUT2D eigenvalue weighted by Gasteiger charge is 2.32. The minimum absolute atomic E-state index is 0.234. The van der Waals surface area contributed by atoms with E-state index in [1.807, 2.05) is 19.1 Å². The molecule has 1 heterocycles. The number of carbonyl (C=O) groups is 2. The first kappa shape index (κ1) is 22.5. The Kier molecular flexibility index (Phi) is 7.41. The lowest BCUT2D eigenvalue weighted by atomic mass is 9.95. The Morgan fingerprint density at radius 3 is 2.45 bits per heavy atom. The van der Waals surface area contributed by atoms with Crippen LogP contribution in [0, 0.1) is 0 Å². The first-order chi connectivity index (χ1) is 14.9. The molecule has 31 heavy (non-hydrogen) atoms. The molecule has 8 heteroatoms. The van der Waals surface area contributed by atoms with Crippen molar-refractivity contribution in [3.8, 4) is 11.5 Å². The molecule has 2 aromatic carbocycles. The van der Waals surface area contributed by atoms with Gasteiger partial charge in [0, 0.05) is 10.7 Å². The molecule has 0 saturated carbocycles. The van der Waals surface area contributed by atoms with Crippen molar-refractivity contribution in [1.82, 2.24) is 10.6 Å². The van der Waals surface area contributed by atoms with Crippen molar-refractivity contribution in [2.75, 3.05) is 13.2 Å². The summed E-state index contributed by atoms with van der Waals surface area (Å²) in [4.78, 5) is 24.6. The van der Waals surface area contributed by atoms with E-state index in [1.165, 1.54) is 0 Å². The van der Waals surface area contributed by atoms with Gasteiger partial charge in [-0.05, 0) is 56.2 Å². The average Bonchev–Trinajstić information content (AvgIpc) is 2.73. The molecule has 1 unspecified atom stereocenters. The van der Waals surface area contributed by atoms with Crippen LogP contribution in [0.4, 0.5) is 4.79 Å². The van der Waals surface area contributed by atoms with Crippen LogP contribution >= 0.6 is 11.6 Å². The number of halogens is 1. The second-order valence-corrected chi connectivity index (χ2v) is 7.28. The lowest BCUT2D eigenvalue weighted by molar-refractivity contribution is -0.139. The van der Waals surface area contributed by atoms with Gasteiger partial charge in [0.2, 0.25) is 0 Å². The Hall–Kier alpha value is -3.19. The van der Waals surface area contributed by atoms with E-state index >= 15 is 0 Å². The maximum atomic E-state index is 12.5. The Bertz CT molecular complexity index is 988. The van der Waals surface area contributed by atoms with Crippen molar-refractivity contribution in [3.05, 3.63) is 69.9 Å². The first-order valence-corrected chi connectivity index (χ1v) is 10.4. The van der Waals surface area contributed by atoms with Gasteiger partial charge in [-0.2, -0.15) is 0 Å². The van der Waals surface area contributed by atoms with Crippen LogP contribution in [0.15, 0.2) is 53.7 Å². The van der Waals surface area contributed by atoms with Crippen molar-refractivity contribution in [3.63, 3.8) is 0 Å². The molecular formula is C23H25ClN2O5. The molecule has 0 radical (unpaired) electrons. The molecule has 1 aliphatic rings. The van der Waals surface area contributed by atoms with Crippen LogP contribution in [0.2, 0.25) is 5.02 Å². The zero-order valence-electron chi connectivity index (χ0n) is 17.7. The Balaban J connectivity index is 1.89. The van der Waals surface area contributed by atoms with Crippen molar-refractivity contribution in [2.24, 2.45) is 0 Å². The number of carbonyl (C=O) groups excluding carboxylic acids is 2. The summed E-state index contributed by atoms with van der Waals surface area (Å²) in [5.41, 5.74) is 2.44. The molecule has 2 amide bonds. The Morgan fingerprint density at radius 2 is 1.77 bits per heavy atom. The molecule has 164 valence electrons. The van der Waals surface area contributed by atoms with E-state index in [0.717, 1.165) is 5.56 Å². The van der Waals surface area contributed by atoms with Crippen molar-refractivity contribution in [2.45, 2.75) is 33.4 Å². The van der Waals surface area contributed by atoms with E-state index in [4.69, 9.17) is 25.8 Å². The SMILES string of the molecule is CCOC(=O)C1=C(C)NC(=O)NC1c1ccc(OCc2ccc(Cl)cc2)c(OCC)c1. The fourth-order valence-electron chi connectivity index (χ4n) is 3.26. The fourth-order valence-corrected chi connectivity index (χ4v) is 3.38. The number of ether oxygens (including phenoxy) is 3. The molecule has 0 spiro atoms. The highest BCUT2D eigenvalue weighted by molar-refractivity contribution is 6.30. The van der Waals surface area contributed by atoms with Gasteiger partial charge >= 0.3 is 12.0 Å². The molecule has 0 fully saturated rings. The van der Waals surface area contributed by atoms with Gasteiger partial charge in [-0.15, -0.1) is 0 Å². The lowest BCUT2D eigenvalue weighted by Crippen LogP contribution is -2.45. The number of urea groups is 1. The van der Waals surface area contributed by atoms with Gasteiger partial charge in [-0.3, -0.25) is 0 Å². The van der Waals surface area contributed by atoms with Crippen LogP contribution in [-0.4, -0.2) is 25.2 Å². The van der Waals surface area contributed by atoms with Gasteiger partial charge in [0.05, 0.1) is 24.8 Å². The molecule has 1 aliphatic heterocycles. The summed E-state index contributed by atoms with van der Waals surface area (Å²) in [7, 11) is 0. The molecule has 2 aromatic rings. The van der Waals surface area contributed by atoms with Crippen molar-refractivity contribution >= 4 is 23.6 Å². The number of hydrogen-bond donors (Lipinski definition) is 2. The third kappa shape index (κ3) is 5.49. The molecule has 0 saturated heterocycles. The summed E-state index contributed by atoms with van der Waals surface area (Å²) >= 11 is 5.93. The minimum Gasteiger partial charge on any atom is -0.490 e. The van der Waals surface area contributed by atoms with Crippen LogP contribution < -0.4 is 20.1 Å². The smallest absolute Gasteiger partial charge is 0.338 e. The largest absolute Gasteiger partial charge is 0.490 e. The summed E-state index contributed by atoms with van der Waals surface area (Å²) < 4.78 is 16.9. The number of hydrogen-bond acceptors (Lipinski definition) is 5. The second-order valence-electron chi connectivity index (χ2n) is 6.84. The topological polar surface area (TPSA) is 85.9 Å². The van der Waals surface area contributed by atoms with Crippen LogP contribution in [0.1, 0.15) is 37.9 Å². The maximum absolute atomic E-state index is 12.5. The predicted octanol–water partition coefficient (Wildman–Crippen LogP) is 4.51.